The van der Waals surface area contributed by atoms with Gasteiger partial charge in [-0.2, -0.15) is 13.2 Å². The summed E-state index contributed by atoms with van der Waals surface area (Å²) in [5.41, 5.74) is -0.925. The molecular formula is C25H16F6N2O3. The number of rotatable bonds is 6. The van der Waals surface area contributed by atoms with Crippen molar-refractivity contribution in [2.24, 2.45) is 0 Å². The van der Waals surface area contributed by atoms with Gasteiger partial charge < -0.3 is 9.73 Å². The predicted molar refractivity (Wildman–Crippen MR) is 118 cm³/mol. The quantitative estimate of drug-likeness (QED) is 0.248. The summed E-state index contributed by atoms with van der Waals surface area (Å²) < 4.78 is 86.3. The van der Waals surface area contributed by atoms with Crippen LogP contribution in [-0.2, 0) is 6.42 Å². The number of furan rings is 1. The Labute approximate surface area is 199 Å². The molecule has 1 amide bonds. The molecule has 2 aromatic heterocycles. The van der Waals surface area contributed by atoms with Crippen molar-refractivity contribution in [2.75, 3.05) is 7.05 Å². The van der Waals surface area contributed by atoms with Crippen molar-refractivity contribution in [2.45, 2.75) is 19.0 Å². The average Bonchev–Trinajstić information content (AvgIpc) is 3.21. The Morgan fingerprint density at radius 1 is 1.06 bits per heavy atom. The molecule has 0 aliphatic carbocycles. The number of nitrogens with one attached hydrogen (secondary N) is 1. The van der Waals surface area contributed by atoms with Gasteiger partial charge in [0.25, 0.3) is 5.91 Å². The van der Waals surface area contributed by atoms with Gasteiger partial charge in [-0.25, -0.2) is 18.2 Å². The second kappa shape index (κ2) is 9.48. The van der Waals surface area contributed by atoms with Crippen molar-refractivity contribution in [3.63, 3.8) is 0 Å². The first-order valence-corrected chi connectivity index (χ1v) is 10.5. The lowest BCUT2D eigenvalue weighted by Crippen LogP contribution is -2.18. The van der Waals surface area contributed by atoms with Crippen molar-refractivity contribution in [1.82, 2.24) is 10.3 Å². The molecule has 36 heavy (non-hydrogen) atoms. The van der Waals surface area contributed by atoms with Crippen LogP contribution in [0.15, 0.2) is 46.9 Å². The summed E-state index contributed by atoms with van der Waals surface area (Å²) in [6.07, 6.45) is -6.40. The van der Waals surface area contributed by atoms with Crippen LogP contribution in [0.25, 0.3) is 33.6 Å². The number of hydrogen-bond acceptors (Lipinski definition) is 4. The van der Waals surface area contributed by atoms with Crippen LogP contribution in [0.5, 0.6) is 0 Å². The van der Waals surface area contributed by atoms with Crippen LogP contribution in [0, 0.1) is 17.5 Å². The van der Waals surface area contributed by atoms with E-state index in [0.29, 0.717) is 5.56 Å². The first-order chi connectivity index (χ1) is 17.0. The minimum absolute atomic E-state index is 0.0189. The van der Waals surface area contributed by atoms with Gasteiger partial charge in [0, 0.05) is 24.6 Å². The Morgan fingerprint density at radius 2 is 1.75 bits per heavy atom. The topological polar surface area (TPSA) is 72.2 Å². The average molecular weight is 506 g/mol. The summed E-state index contributed by atoms with van der Waals surface area (Å²) in [6, 6.07) is 7.93. The Kier molecular flexibility index (Phi) is 6.57. The third-order valence-electron chi connectivity index (χ3n) is 5.46. The van der Waals surface area contributed by atoms with Gasteiger partial charge in [0.1, 0.15) is 11.6 Å². The number of aryl methyl sites for hydroxylation is 1. The number of benzene rings is 2. The van der Waals surface area contributed by atoms with E-state index in [9.17, 15) is 35.9 Å². The van der Waals surface area contributed by atoms with E-state index < -0.39 is 47.9 Å². The van der Waals surface area contributed by atoms with Gasteiger partial charge in [-0.15, -0.1) is 0 Å². The van der Waals surface area contributed by atoms with Crippen molar-refractivity contribution in [3.05, 3.63) is 76.7 Å². The standard InChI is InChI=1S/C25H16F6N2O3/c1-32-23(35)20-17-10-16(13-8-14(11-34)21(28)18(27)9-13)19(6-7-25(29,30)31)33-24(17)36-22(20)12-2-4-15(26)5-3-12/h2-5,8-11H,6-7H2,1H3,(H,32,35). The third-order valence-corrected chi connectivity index (χ3v) is 5.46. The third kappa shape index (κ3) is 4.81. The Morgan fingerprint density at radius 3 is 2.36 bits per heavy atom. The predicted octanol–water partition coefficient (Wildman–Crippen LogP) is 6.25. The summed E-state index contributed by atoms with van der Waals surface area (Å²) in [5.74, 6) is -4.00. The van der Waals surface area contributed by atoms with Crippen molar-refractivity contribution in [3.8, 4) is 22.5 Å². The zero-order chi connectivity index (χ0) is 26.2. The Balaban J connectivity index is 2.02. The van der Waals surface area contributed by atoms with E-state index in [0.717, 1.165) is 24.3 Å². The van der Waals surface area contributed by atoms with Gasteiger partial charge in [-0.05, 0) is 54.4 Å². The molecule has 2 heterocycles. The minimum Gasteiger partial charge on any atom is -0.437 e. The molecule has 4 aromatic rings. The maximum atomic E-state index is 14.2. The number of carbonyl (C=O) groups excluding carboxylic acids is 2. The fourth-order valence-corrected chi connectivity index (χ4v) is 3.77. The number of pyridine rings is 1. The van der Waals surface area contributed by atoms with E-state index in [4.69, 9.17) is 4.42 Å². The molecule has 5 nitrogen and oxygen atoms in total. The normalized spacial score (nSPS) is 11.6. The van der Waals surface area contributed by atoms with Crippen molar-refractivity contribution >= 4 is 23.3 Å². The SMILES string of the molecule is CNC(=O)c1c(-c2ccc(F)cc2)oc2nc(CCC(F)(F)F)c(-c3cc(F)c(F)c(C=O)c3)cc12. The maximum absolute atomic E-state index is 14.2. The molecule has 0 unspecified atom stereocenters. The number of aromatic nitrogens is 1. The van der Waals surface area contributed by atoms with Crippen LogP contribution in [0.4, 0.5) is 26.3 Å². The lowest BCUT2D eigenvalue weighted by atomic mass is 9.96. The number of fused-ring (bicyclic) bond motifs is 1. The smallest absolute Gasteiger partial charge is 0.389 e. The molecular weight excluding hydrogens is 490 g/mol. The van der Waals surface area contributed by atoms with Crippen LogP contribution in [-0.4, -0.2) is 30.4 Å². The number of carbonyl (C=O) groups is 2. The second-order valence-corrected chi connectivity index (χ2v) is 7.82. The molecule has 0 saturated carbocycles. The number of nitrogens with zero attached hydrogens (tertiary/aromatic N) is 1. The molecule has 0 saturated heterocycles. The minimum atomic E-state index is -4.55. The van der Waals surface area contributed by atoms with Gasteiger partial charge in [-0.1, -0.05) is 0 Å². The van der Waals surface area contributed by atoms with Gasteiger partial charge in [0.2, 0.25) is 5.71 Å². The molecule has 4 rings (SSSR count). The van der Waals surface area contributed by atoms with Gasteiger partial charge in [-0.3, -0.25) is 9.59 Å². The van der Waals surface area contributed by atoms with Crippen LogP contribution < -0.4 is 5.32 Å². The zero-order valence-electron chi connectivity index (χ0n) is 18.5. The van der Waals surface area contributed by atoms with Crippen LogP contribution >= 0.6 is 0 Å². The Bertz CT molecular complexity index is 1480. The highest BCUT2D eigenvalue weighted by Crippen LogP contribution is 2.38. The molecule has 0 aliphatic heterocycles. The second-order valence-electron chi connectivity index (χ2n) is 7.82. The lowest BCUT2D eigenvalue weighted by molar-refractivity contribution is -0.134. The van der Waals surface area contributed by atoms with Gasteiger partial charge in [0.15, 0.2) is 17.9 Å². The highest BCUT2D eigenvalue weighted by atomic mass is 19.4. The fraction of sp³-hybridized carbons (Fsp3) is 0.160. The molecule has 0 radical (unpaired) electrons. The van der Waals surface area contributed by atoms with E-state index in [-0.39, 0.29) is 45.5 Å². The van der Waals surface area contributed by atoms with Gasteiger partial charge in [0.05, 0.1) is 22.2 Å². The molecule has 11 heteroatoms. The first kappa shape index (κ1) is 25.0. The molecule has 186 valence electrons. The maximum Gasteiger partial charge on any atom is 0.389 e. The monoisotopic (exact) mass is 506 g/mol. The molecule has 0 atom stereocenters. The fourth-order valence-electron chi connectivity index (χ4n) is 3.77. The summed E-state index contributed by atoms with van der Waals surface area (Å²) in [4.78, 5) is 28.2. The number of hydrogen-bond donors (Lipinski definition) is 1. The first-order valence-electron chi connectivity index (χ1n) is 10.5. The zero-order valence-corrected chi connectivity index (χ0v) is 18.5. The van der Waals surface area contributed by atoms with Gasteiger partial charge >= 0.3 is 6.18 Å². The molecule has 1 N–H and O–H groups in total. The molecule has 0 aliphatic rings. The highest BCUT2D eigenvalue weighted by Gasteiger charge is 2.29. The number of aldehydes is 1. The van der Waals surface area contributed by atoms with E-state index in [1.807, 2.05) is 0 Å². The highest BCUT2D eigenvalue weighted by molar-refractivity contribution is 6.11. The number of halogens is 6. The molecule has 2 aromatic carbocycles. The molecule has 0 bridgehead atoms. The largest absolute Gasteiger partial charge is 0.437 e. The number of alkyl halides is 3. The van der Waals surface area contributed by atoms with Crippen molar-refractivity contribution in [1.29, 1.82) is 0 Å². The van der Waals surface area contributed by atoms with E-state index in [1.165, 1.54) is 25.2 Å². The van der Waals surface area contributed by atoms with E-state index >= 15 is 0 Å². The molecule has 0 spiro atoms. The summed E-state index contributed by atoms with van der Waals surface area (Å²) in [6.45, 7) is 0. The summed E-state index contributed by atoms with van der Waals surface area (Å²) >= 11 is 0. The lowest BCUT2D eigenvalue weighted by Gasteiger charge is -2.12. The van der Waals surface area contributed by atoms with Crippen LogP contribution in [0.2, 0.25) is 0 Å². The van der Waals surface area contributed by atoms with Crippen LogP contribution in [0.1, 0.15) is 32.8 Å². The van der Waals surface area contributed by atoms with Crippen molar-refractivity contribution < 1.29 is 40.3 Å². The van der Waals surface area contributed by atoms with Crippen LogP contribution in [0.3, 0.4) is 0 Å². The van der Waals surface area contributed by atoms with E-state index in [1.54, 1.807) is 0 Å². The summed E-state index contributed by atoms with van der Waals surface area (Å²) in [7, 11) is 1.34. The number of amides is 1. The summed E-state index contributed by atoms with van der Waals surface area (Å²) in [5, 5.41) is 2.50. The van der Waals surface area contributed by atoms with E-state index in [2.05, 4.69) is 10.3 Å². The molecule has 0 fully saturated rings. The Hall–Kier alpha value is -4.15.